The van der Waals surface area contributed by atoms with E-state index in [0.29, 0.717) is 29.9 Å². The molecule has 4 atom stereocenters. The van der Waals surface area contributed by atoms with Gasteiger partial charge in [-0.3, -0.25) is 4.79 Å². The van der Waals surface area contributed by atoms with Crippen molar-refractivity contribution in [3.05, 3.63) is 126 Å². The molecule has 39 heavy (non-hydrogen) atoms. The second-order valence-electron chi connectivity index (χ2n) is 11.4. The molecule has 2 unspecified atom stereocenters. The molecule has 0 spiro atoms. The van der Waals surface area contributed by atoms with Crippen molar-refractivity contribution in [3.8, 4) is 0 Å². The van der Waals surface area contributed by atoms with Crippen molar-refractivity contribution in [2.45, 2.75) is 51.0 Å². The molecule has 2 saturated carbocycles. The van der Waals surface area contributed by atoms with Gasteiger partial charge in [0.25, 0.3) is 0 Å². The summed E-state index contributed by atoms with van der Waals surface area (Å²) in [6.07, 6.45) is 9.80. The van der Waals surface area contributed by atoms with E-state index in [1.807, 2.05) is 24.5 Å². The first-order valence-electron chi connectivity index (χ1n) is 14.3. The first kappa shape index (κ1) is 25.5. The summed E-state index contributed by atoms with van der Waals surface area (Å²) in [4.78, 5) is 30.9. The Morgan fingerprint density at radius 2 is 1.33 bits per heavy atom. The van der Waals surface area contributed by atoms with Crippen LogP contribution in [0.25, 0.3) is 0 Å². The number of rotatable bonds is 9. The van der Waals surface area contributed by atoms with Crippen molar-refractivity contribution in [1.82, 2.24) is 9.55 Å². The fraction of sp³-hybridized carbons (Fsp3) is 0.343. The number of carbonyl (C=O) groups is 2. The van der Waals surface area contributed by atoms with Crippen LogP contribution in [0.2, 0.25) is 0 Å². The largest absolute Gasteiger partial charge is 0.309 e. The van der Waals surface area contributed by atoms with Crippen molar-refractivity contribution in [2.75, 3.05) is 0 Å². The fourth-order valence-electron chi connectivity index (χ4n) is 7.30. The highest BCUT2D eigenvalue weighted by atomic mass is 16.1. The highest BCUT2D eigenvalue weighted by Gasteiger charge is 2.51. The second kappa shape index (κ2) is 10.8. The van der Waals surface area contributed by atoms with Crippen molar-refractivity contribution < 1.29 is 9.59 Å². The zero-order chi connectivity index (χ0) is 26.8. The maximum absolute atomic E-state index is 14.3. The topological polar surface area (TPSA) is 52.0 Å². The van der Waals surface area contributed by atoms with Crippen LogP contribution < -0.4 is 0 Å². The lowest BCUT2D eigenvalue weighted by Gasteiger charge is -2.38. The molecule has 1 aromatic heterocycles. The van der Waals surface area contributed by atoms with Crippen LogP contribution in [0.5, 0.6) is 0 Å². The van der Waals surface area contributed by atoms with Gasteiger partial charge in [-0.2, -0.15) is 0 Å². The summed E-state index contributed by atoms with van der Waals surface area (Å²) >= 11 is 0. The second-order valence-corrected chi connectivity index (χ2v) is 11.4. The van der Waals surface area contributed by atoms with Gasteiger partial charge >= 0.3 is 0 Å². The van der Waals surface area contributed by atoms with Gasteiger partial charge in [0.1, 0.15) is 17.0 Å². The zero-order valence-electron chi connectivity index (χ0n) is 22.6. The smallest absolute Gasteiger partial charge is 0.184 e. The lowest BCUT2D eigenvalue weighted by molar-refractivity contribution is -0.118. The molecule has 4 heteroatoms. The molecule has 0 N–H and O–H groups in total. The Hall–Kier alpha value is -3.79. The van der Waals surface area contributed by atoms with Gasteiger partial charge in [-0.25, -0.2) is 4.98 Å². The number of hydrogen-bond donors (Lipinski definition) is 0. The number of Topliss-reactive ketones (excluding diaryl/α,β-unsaturated/α-hetero) is 2. The van der Waals surface area contributed by atoms with E-state index in [2.05, 4.69) is 82.3 Å². The SMILES string of the molecule is CC(=O)CC1CCCC[C@H]1C1C[C@@H]1C(=O)c1cncn1C(c1ccccc1)(c1ccccc1)c1ccccc1. The summed E-state index contributed by atoms with van der Waals surface area (Å²) in [6, 6.07) is 31.3. The molecule has 4 nitrogen and oxygen atoms in total. The maximum atomic E-state index is 14.3. The van der Waals surface area contributed by atoms with Gasteiger partial charge in [-0.1, -0.05) is 104 Å². The lowest BCUT2D eigenvalue weighted by atomic mass is 9.73. The molecular weight excluding hydrogens is 480 g/mol. The molecule has 0 saturated heterocycles. The van der Waals surface area contributed by atoms with Crippen molar-refractivity contribution in [3.63, 3.8) is 0 Å². The highest BCUT2D eigenvalue weighted by molar-refractivity contribution is 5.98. The third-order valence-electron chi connectivity index (χ3n) is 9.07. The molecule has 3 aromatic carbocycles. The number of aromatic nitrogens is 2. The van der Waals surface area contributed by atoms with E-state index < -0.39 is 5.54 Å². The molecule has 1 heterocycles. The number of benzene rings is 3. The van der Waals surface area contributed by atoms with E-state index in [0.717, 1.165) is 36.0 Å². The fourth-order valence-corrected chi connectivity index (χ4v) is 7.30. The van der Waals surface area contributed by atoms with Crippen molar-refractivity contribution in [2.24, 2.45) is 23.7 Å². The Labute approximate surface area is 231 Å². The summed E-state index contributed by atoms with van der Waals surface area (Å²) in [7, 11) is 0. The summed E-state index contributed by atoms with van der Waals surface area (Å²) < 4.78 is 2.11. The summed E-state index contributed by atoms with van der Waals surface area (Å²) in [5.74, 6) is 1.70. The van der Waals surface area contributed by atoms with Crippen molar-refractivity contribution >= 4 is 11.6 Å². The van der Waals surface area contributed by atoms with E-state index in [-0.39, 0.29) is 17.5 Å². The lowest BCUT2D eigenvalue weighted by Crippen LogP contribution is -2.39. The number of nitrogens with zero attached hydrogens (tertiary/aromatic N) is 2. The Bertz CT molecular complexity index is 1330. The molecule has 6 rings (SSSR count). The Morgan fingerprint density at radius 1 is 0.795 bits per heavy atom. The van der Waals surface area contributed by atoms with Crippen LogP contribution in [0.3, 0.4) is 0 Å². The van der Waals surface area contributed by atoms with Gasteiger partial charge in [-0.15, -0.1) is 0 Å². The molecule has 2 fully saturated rings. The first-order valence-corrected chi connectivity index (χ1v) is 14.3. The van der Waals surface area contributed by atoms with E-state index in [1.54, 1.807) is 13.1 Å². The minimum Gasteiger partial charge on any atom is -0.309 e. The number of hydrogen-bond acceptors (Lipinski definition) is 3. The predicted molar refractivity (Wildman–Crippen MR) is 154 cm³/mol. The monoisotopic (exact) mass is 516 g/mol. The third kappa shape index (κ3) is 4.67. The van der Waals surface area contributed by atoms with E-state index in [9.17, 15) is 9.59 Å². The molecule has 0 bridgehead atoms. The molecule has 4 aromatic rings. The third-order valence-corrected chi connectivity index (χ3v) is 9.07. The average molecular weight is 517 g/mol. The Balaban J connectivity index is 1.44. The predicted octanol–water partition coefficient (Wildman–Crippen LogP) is 7.33. The standard InChI is InChI=1S/C35H36N2O2/c1-25(38)21-26-13-11-12-20-30(26)31-22-32(31)34(39)33-23-36-24-37(33)35(27-14-5-2-6-15-27,28-16-7-3-8-17-28)29-18-9-4-10-19-29/h2-10,14-19,23-24,26,30-32H,11-13,20-22H2,1H3/t26?,30-,31?,32+/m1/s1. The molecule has 2 aliphatic rings. The molecule has 0 amide bonds. The van der Waals surface area contributed by atoms with Gasteiger partial charge in [0.05, 0.1) is 12.5 Å². The van der Waals surface area contributed by atoms with Gasteiger partial charge in [0, 0.05) is 12.3 Å². The van der Waals surface area contributed by atoms with E-state index in [1.165, 1.54) is 12.8 Å². The van der Waals surface area contributed by atoms with Crippen LogP contribution >= 0.6 is 0 Å². The number of carbonyl (C=O) groups excluding carboxylic acids is 2. The molecular formula is C35H36N2O2. The molecule has 198 valence electrons. The first-order chi connectivity index (χ1) is 19.1. The maximum Gasteiger partial charge on any atom is 0.184 e. The number of ketones is 2. The number of imidazole rings is 1. The van der Waals surface area contributed by atoms with Crippen LogP contribution in [0.4, 0.5) is 0 Å². The van der Waals surface area contributed by atoms with E-state index >= 15 is 0 Å². The Morgan fingerprint density at radius 3 is 1.87 bits per heavy atom. The highest BCUT2D eigenvalue weighted by Crippen LogP contribution is 2.54. The molecule has 0 aliphatic heterocycles. The van der Waals surface area contributed by atoms with Gasteiger partial charge in [0.15, 0.2) is 5.78 Å². The van der Waals surface area contributed by atoms with E-state index in [4.69, 9.17) is 0 Å². The minimum absolute atomic E-state index is 0.00183. The van der Waals surface area contributed by atoms with Crippen LogP contribution in [0.15, 0.2) is 104 Å². The van der Waals surface area contributed by atoms with Crippen LogP contribution in [0.1, 0.15) is 72.6 Å². The van der Waals surface area contributed by atoms with Gasteiger partial charge < -0.3 is 9.36 Å². The molecule has 2 aliphatic carbocycles. The summed E-state index contributed by atoms with van der Waals surface area (Å²) in [6.45, 7) is 1.70. The van der Waals surface area contributed by atoms with Gasteiger partial charge in [-0.05, 0) is 60.6 Å². The minimum atomic E-state index is -0.752. The van der Waals surface area contributed by atoms with Crippen LogP contribution in [0, 0.1) is 23.7 Å². The van der Waals surface area contributed by atoms with Gasteiger partial charge in [0.2, 0.25) is 0 Å². The quantitative estimate of drug-likeness (QED) is 0.173. The zero-order valence-corrected chi connectivity index (χ0v) is 22.6. The molecule has 0 radical (unpaired) electrons. The summed E-state index contributed by atoms with van der Waals surface area (Å²) in [5, 5.41) is 0. The van der Waals surface area contributed by atoms with Crippen molar-refractivity contribution in [1.29, 1.82) is 0 Å². The average Bonchev–Trinajstić information content (AvgIpc) is 3.62. The van der Waals surface area contributed by atoms with Crippen LogP contribution in [-0.2, 0) is 10.3 Å². The summed E-state index contributed by atoms with van der Waals surface area (Å²) in [5.41, 5.74) is 3.14. The van der Waals surface area contributed by atoms with Crippen LogP contribution in [-0.4, -0.2) is 21.1 Å². The normalized spacial score (nSPS) is 22.8. The Kier molecular flexibility index (Phi) is 7.03.